The van der Waals surface area contributed by atoms with Crippen LogP contribution in [0.4, 0.5) is 5.69 Å². The average molecular weight is 358 g/mol. The van der Waals surface area contributed by atoms with Gasteiger partial charge in [0, 0.05) is 16.1 Å². The summed E-state index contributed by atoms with van der Waals surface area (Å²) in [7, 11) is 0. The molecule has 1 aromatic heterocycles. The monoisotopic (exact) mass is 357 g/mol. The topological polar surface area (TPSA) is 46.9 Å². The maximum Gasteiger partial charge on any atom is 0.234 e. The molecule has 4 nitrogen and oxygen atoms in total. The molecule has 0 atom stereocenters. The number of amides is 1. The number of halogens is 1. The third-order valence-electron chi connectivity index (χ3n) is 3.32. The van der Waals surface area contributed by atoms with E-state index >= 15 is 0 Å². The highest BCUT2D eigenvalue weighted by Crippen LogP contribution is 2.18. The van der Waals surface area contributed by atoms with Crippen molar-refractivity contribution in [1.29, 1.82) is 0 Å². The van der Waals surface area contributed by atoms with Crippen molar-refractivity contribution in [2.24, 2.45) is 0 Å². The Morgan fingerprint density at radius 3 is 2.67 bits per heavy atom. The molecule has 0 aliphatic rings. The Balaban J connectivity index is 1.54. The van der Waals surface area contributed by atoms with E-state index in [9.17, 15) is 4.79 Å². The first-order valence-electron chi connectivity index (χ1n) is 7.44. The van der Waals surface area contributed by atoms with E-state index in [0.717, 1.165) is 10.5 Å². The molecule has 1 N–H and O–H groups in total. The summed E-state index contributed by atoms with van der Waals surface area (Å²) in [4.78, 5) is 13.1. The highest BCUT2D eigenvalue weighted by Gasteiger charge is 2.07. The predicted octanol–water partition coefficient (Wildman–Crippen LogP) is 4.32. The Morgan fingerprint density at radius 1 is 1.12 bits per heavy atom. The van der Waals surface area contributed by atoms with Gasteiger partial charge in [0.15, 0.2) is 0 Å². The normalized spacial score (nSPS) is 10.5. The average Bonchev–Trinajstić information content (AvgIpc) is 3.03. The molecule has 122 valence electrons. The first-order valence-corrected chi connectivity index (χ1v) is 8.80. The smallest absolute Gasteiger partial charge is 0.234 e. The summed E-state index contributed by atoms with van der Waals surface area (Å²) in [6.45, 7) is 0.564. The van der Waals surface area contributed by atoms with Crippen molar-refractivity contribution in [1.82, 2.24) is 9.78 Å². The van der Waals surface area contributed by atoms with Gasteiger partial charge in [-0.3, -0.25) is 9.48 Å². The Hall–Kier alpha value is -2.24. The lowest BCUT2D eigenvalue weighted by Crippen LogP contribution is -2.13. The molecule has 1 heterocycles. The lowest BCUT2D eigenvalue weighted by molar-refractivity contribution is -0.113. The van der Waals surface area contributed by atoms with Crippen LogP contribution in [0, 0.1) is 0 Å². The van der Waals surface area contributed by atoms with Gasteiger partial charge in [0.2, 0.25) is 5.91 Å². The van der Waals surface area contributed by atoms with E-state index in [2.05, 4.69) is 10.4 Å². The molecule has 0 saturated carbocycles. The van der Waals surface area contributed by atoms with Crippen LogP contribution < -0.4 is 5.32 Å². The SMILES string of the molecule is O=C(CSc1ccccc1)Nc1cnn(Cc2ccccc2Cl)c1. The molecule has 1 amide bonds. The van der Waals surface area contributed by atoms with Gasteiger partial charge in [-0.15, -0.1) is 11.8 Å². The molecule has 0 fully saturated rings. The van der Waals surface area contributed by atoms with Gasteiger partial charge in [-0.25, -0.2) is 0 Å². The second kappa shape index (κ2) is 8.04. The summed E-state index contributed by atoms with van der Waals surface area (Å²) in [6.07, 6.45) is 3.44. The third kappa shape index (κ3) is 4.63. The number of thioether (sulfide) groups is 1. The minimum Gasteiger partial charge on any atom is -0.323 e. The van der Waals surface area contributed by atoms with Crippen molar-refractivity contribution in [3.05, 3.63) is 77.6 Å². The first kappa shape index (κ1) is 16.6. The van der Waals surface area contributed by atoms with Crippen molar-refractivity contribution in [3.8, 4) is 0 Å². The number of hydrogen-bond donors (Lipinski definition) is 1. The van der Waals surface area contributed by atoms with Crippen molar-refractivity contribution >= 4 is 35.0 Å². The van der Waals surface area contributed by atoms with Crippen LogP contribution in [0.25, 0.3) is 0 Å². The number of carbonyl (C=O) groups is 1. The second-order valence-electron chi connectivity index (χ2n) is 5.17. The molecular weight excluding hydrogens is 342 g/mol. The van der Waals surface area contributed by atoms with Gasteiger partial charge >= 0.3 is 0 Å². The molecule has 0 bridgehead atoms. The van der Waals surface area contributed by atoms with Gasteiger partial charge < -0.3 is 5.32 Å². The van der Waals surface area contributed by atoms with E-state index in [4.69, 9.17) is 11.6 Å². The number of nitrogens with zero attached hydrogens (tertiary/aromatic N) is 2. The molecule has 24 heavy (non-hydrogen) atoms. The molecule has 0 saturated heterocycles. The van der Waals surface area contributed by atoms with Gasteiger partial charge in [0.1, 0.15) is 0 Å². The second-order valence-corrected chi connectivity index (χ2v) is 6.62. The molecule has 3 aromatic rings. The lowest BCUT2D eigenvalue weighted by Gasteiger charge is -2.04. The Bertz CT molecular complexity index is 820. The highest BCUT2D eigenvalue weighted by atomic mass is 35.5. The van der Waals surface area contributed by atoms with Crippen LogP contribution in [0.5, 0.6) is 0 Å². The van der Waals surface area contributed by atoms with Gasteiger partial charge in [0.25, 0.3) is 0 Å². The molecule has 0 spiro atoms. The van der Waals surface area contributed by atoms with Crippen molar-refractivity contribution < 1.29 is 4.79 Å². The van der Waals surface area contributed by atoms with E-state index < -0.39 is 0 Å². The molecule has 0 radical (unpaired) electrons. The zero-order valence-corrected chi connectivity index (χ0v) is 14.4. The van der Waals surface area contributed by atoms with E-state index in [-0.39, 0.29) is 5.91 Å². The Labute approximate surface area is 149 Å². The molecule has 6 heteroatoms. The molecule has 2 aromatic carbocycles. The number of nitrogens with one attached hydrogen (secondary N) is 1. The van der Waals surface area contributed by atoms with Crippen LogP contribution in [0.2, 0.25) is 5.02 Å². The summed E-state index contributed by atoms with van der Waals surface area (Å²) in [5.41, 5.74) is 1.67. The third-order valence-corrected chi connectivity index (χ3v) is 4.70. The first-order chi connectivity index (χ1) is 11.7. The van der Waals surface area contributed by atoms with Crippen LogP contribution in [-0.2, 0) is 11.3 Å². The summed E-state index contributed by atoms with van der Waals surface area (Å²) in [6, 6.07) is 17.5. The van der Waals surface area contributed by atoms with Crippen LogP contribution in [0.15, 0.2) is 71.9 Å². The molecular formula is C18H16ClN3OS. The van der Waals surface area contributed by atoms with Gasteiger partial charge in [-0.2, -0.15) is 5.10 Å². The number of anilines is 1. The summed E-state index contributed by atoms with van der Waals surface area (Å²) < 4.78 is 1.75. The van der Waals surface area contributed by atoms with E-state index in [1.165, 1.54) is 11.8 Å². The van der Waals surface area contributed by atoms with Crippen LogP contribution in [0.3, 0.4) is 0 Å². The fraction of sp³-hybridized carbons (Fsp3) is 0.111. The predicted molar refractivity (Wildman–Crippen MR) is 98.6 cm³/mol. The highest BCUT2D eigenvalue weighted by molar-refractivity contribution is 8.00. The largest absolute Gasteiger partial charge is 0.323 e. The fourth-order valence-electron chi connectivity index (χ4n) is 2.18. The molecule has 3 rings (SSSR count). The van der Waals surface area contributed by atoms with Crippen molar-refractivity contribution in [3.63, 3.8) is 0 Å². The van der Waals surface area contributed by atoms with Gasteiger partial charge in [-0.1, -0.05) is 48.0 Å². The lowest BCUT2D eigenvalue weighted by atomic mass is 10.2. The van der Waals surface area contributed by atoms with Gasteiger partial charge in [-0.05, 0) is 23.8 Å². The standard InChI is InChI=1S/C18H16ClN3OS/c19-17-9-5-4-6-14(17)11-22-12-15(10-20-22)21-18(23)13-24-16-7-2-1-3-8-16/h1-10,12H,11,13H2,(H,21,23). The maximum atomic E-state index is 12.0. The van der Waals surface area contributed by atoms with Crippen LogP contribution in [0.1, 0.15) is 5.56 Å². The molecule has 0 aliphatic heterocycles. The quantitative estimate of drug-likeness (QED) is 0.668. The number of benzene rings is 2. The summed E-state index contributed by atoms with van der Waals surface area (Å²) in [5, 5.41) is 7.82. The summed E-state index contributed by atoms with van der Waals surface area (Å²) >= 11 is 7.65. The number of carbonyl (C=O) groups excluding carboxylic acids is 1. The molecule has 0 aliphatic carbocycles. The zero-order chi connectivity index (χ0) is 16.8. The minimum atomic E-state index is -0.0545. The van der Waals surface area contributed by atoms with E-state index in [0.29, 0.717) is 23.0 Å². The van der Waals surface area contributed by atoms with Crippen LogP contribution in [-0.4, -0.2) is 21.4 Å². The van der Waals surface area contributed by atoms with E-state index in [1.807, 2.05) is 54.6 Å². The zero-order valence-electron chi connectivity index (χ0n) is 12.9. The maximum absolute atomic E-state index is 12.0. The van der Waals surface area contributed by atoms with Crippen molar-refractivity contribution in [2.75, 3.05) is 11.1 Å². The van der Waals surface area contributed by atoms with Crippen LogP contribution >= 0.6 is 23.4 Å². The Morgan fingerprint density at radius 2 is 1.88 bits per heavy atom. The van der Waals surface area contributed by atoms with Crippen molar-refractivity contribution in [2.45, 2.75) is 11.4 Å². The number of hydrogen-bond acceptors (Lipinski definition) is 3. The molecule has 0 unspecified atom stereocenters. The minimum absolute atomic E-state index is 0.0545. The van der Waals surface area contributed by atoms with E-state index in [1.54, 1.807) is 17.1 Å². The Kier molecular flexibility index (Phi) is 5.56. The number of aromatic nitrogens is 2. The summed E-state index contributed by atoms with van der Waals surface area (Å²) in [5.74, 6) is 0.306. The fourth-order valence-corrected chi connectivity index (χ4v) is 3.09. The number of rotatable bonds is 6. The van der Waals surface area contributed by atoms with Gasteiger partial charge in [0.05, 0.1) is 24.2 Å².